The summed E-state index contributed by atoms with van der Waals surface area (Å²) in [5, 5.41) is 8.90. The van der Waals surface area contributed by atoms with Gasteiger partial charge in [0, 0.05) is 11.1 Å². The third-order valence-electron chi connectivity index (χ3n) is 2.16. The van der Waals surface area contributed by atoms with Crippen molar-refractivity contribution in [1.29, 1.82) is 5.26 Å². The summed E-state index contributed by atoms with van der Waals surface area (Å²) in [7, 11) is 0. The summed E-state index contributed by atoms with van der Waals surface area (Å²) >= 11 is 0. The molecule has 0 bridgehead atoms. The molecule has 0 aliphatic heterocycles. The van der Waals surface area contributed by atoms with E-state index in [1.165, 1.54) is 0 Å². The highest BCUT2D eigenvalue weighted by atomic mass is 14.2. The maximum Gasteiger partial charge on any atom is 0.100 e. The molecule has 0 N–H and O–H groups in total. The smallest absolute Gasteiger partial charge is 0.100 e. The molecule has 0 spiro atoms. The second kappa shape index (κ2) is 4.82. The molecule has 2 aromatic rings. The van der Waals surface area contributed by atoms with Crippen LogP contribution < -0.4 is 0 Å². The van der Waals surface area contributed by atoms with Crippen molar-refractivity contribution in [2.24, 2.45) is 0 Å². The van der Waals surface area contributed by atoms with Crippen LogP contribution in [0.1, 0.15) is 16.7 Å². The molecule has 0 heterocycles. The molecule has 0 unspecified atom stereocenters. The molecule has 0 radical (unpaired) electrons. The molecular formula is C15H9N. The van der Waals surface area contributed by atoms with E-state index in [0.717, 1.165) is 11.1 Å². The summed E-state index contributed by atoms with van der Waals surface area (Å²) in [5.74, 6) is 6.04. The lowest BCUT2D eigenvalue weighted by atomic mass is 10.1. The lowest BCUT2D eigenvalue weighted by molar-refractivity contribution is 1.47. The van der Waals surface area contributed by atoms with Crippen molar-refractivity contribution < 1.29 is 0 Å². The molecule has 0 aromatic heterocycles. The number of rotatable bonds is 0. The van der Waals surface area contributed by atoms with Crippen molar-refractivity contribution in [3.05, 3.63) is 71.3 Å². The zero-order valence-electron chi connectivity index (χ0n) is 8.64. The molecule has 0 saturated carbocycles. The predicted molar refractivity (Wildman–Crippen MR) is 63.6 cm³/mol. The molecule has 0 atom stereocenters. The Hall–Kier alpha value is -2.51. The Labute approximate surface area is 95.0 Å². The Morgan fingerprint density at radius 1 is 0.688 bits per heavy atom. The monoisotopic (exact) mass is 203 g/mol. The highest BCUT2D eigenvalue weighted by Crippen LogP contribution is 2.05. The first-order chi connectivity index (χ1) is 7.90. The lowest BCUT2D eigenvalue weighted by Gasteiger charge is -1.92. The summed E-state index contributed by atoms with van der Waals surface area (Å²) in [5.41, 5.74) is 2.34. The standard InChI is InChI=1S/C15H9N/c16-12-15-9-5-4-8-14(15)11-10-13-6-2-1-3-7-13/h1-9H. The van der Waals surface area contributed by atoms with Gasteiger partial charge < -0.3 is 0 Å². The van der Waals surface area contributed by atoms with Crippen molar-refractivity contribution in [2.75, 3.05) is 0 Å². The van der Waals surface area contributed by atoms with Gasteiger partial charge in [-0.1, -0.05) is 42.2 Å². The van der Waals surface area contributed by atoms with Crippen LogP contribution in [0.15, 0.2) is 54.6 Å². The van der Waals surface area contributed by atoms with Crippen molar-refractivity contribution in [2.45, 2.75) is 0 Å². The van der Waals surface area contributed by atoms with Gasteiger partial charge in [-0.15, -0.1) is 0 Å². The molecule has 74 valence electrons. The van der Waals surface area contributed by atoms with Crippen LogP contribution in [0.25, 0.3) is 0 Å². The molecule has 1 heteroatoms. The van der Waals surface area contributed by atoms with Crippen molar-refractivity contribution in [3.63, 3.8) is 0 Å². The average molecular weight is 203 g/mol. The van der Waals surface area contributed by atoms with Crippen LogP contribution in [0.2, 0.25) is 0 Å². The van der Waals surface area contributed by atoms with E-state index in [2.05, 4.69) is 17.9 Å². The van der Waals surface area contributed by atoms with Crippen LogP contribution in [0, 0.1) is 23.2 Å². The summed E-state index contributed by atoms with van der Waals surface area (Å²) in [4.78, 5) is 0. The van der Waals surface area contributed by atoms with Crippen molar-refractivity contribution in [3.8, 4) is 17.9 Å². The largest absolute Gasteiger partial charge is 0.192 e. The average Bonchev–Trinajstić information content (AvgIpc) is 2.38. The Kier molecular flexibility index (Phi) is 3.02. The van der Waals surface area contributed by atoms with Gasteiger partial charge >= 0.3 is 0 Å². The molecule has 0 aliphatic carbocycles. The lowest BCUT2D eigenvalue weighted by Crippen LogP contribution is -1.81. The van der Waals surface area contributed by atoms with Crippen LogP contribution in [-0.2, 0) is 0 Å². The fraction of sp³-hybridized carbons (Fsp3) is 0. The third-order valence-corrected chi connectivity index (χ3v) is 2.16. The van der Waals surface area contributed by atoms with Gasteiger partial charge in [0.25, 0.3) is 0 Å². The van der Waals surface area contributed by atoms with E-state index in [1.54, 1.807) is 6.07 Å². The van der Waals surface area contributed by atoms with E-state index in [0.29, 0.717) is 5.56 Å². The topological polar surface area (TPSA) is 23.8 Å². The highest BCUT2D eigenvalue weighted by molar-refractivity contribution is 5.50. The van der Waals surface area contributed by atoms with Gasteiger partial charge in [-0.05, 0) is 24.3 Å². The zero-order valence-corrected chi connectivity index (χ0v) is 8.64. The zero-order chi connectivity index (χ0) is 11.2. The number of benzene rings is 2. The van der Waals surface area contributed by atoms with Gasteiger partial charge in [-0.3, -0.25) is 0 Å². The van der Waals surface area contributed by atoms with Crippen molar-refractivity contribution >= 4 is 0 Å². The van der Waals surface area contributed by atoms with Gasteiger partial charge in [0.15, 0.2) is 0 Å². The Bertz CT molecular complexity index is 580. The molecule has 0 amide bonds. The molecule has 1 nitrogen and oxygen atoms in total. The van der Waals surface area contributed by atoms with Crippen LogP contribution in [0.5, 0.6) is 0 Å². The Balaban J connectivity index is 2.36. The first-order valence-electron chi connectivity index (χ1n) is 4.96. The molecule has 2 aromatic carbocycles. The second-order valence-electron chi connectivity index (χ2n) is 3.27. The molecular weight excluding hydrogens is 194 g/mol. The SMILES string of the molecule is N#Cc1ccccc1C#Cc1ccccc1. The molecule has 0 aliphatic rings. The Morgan fingerprint density at radius 3 is 2.00 bits per heavy atom. The molecule has 0 saturated heterocycles. The molecule has 0 fully saturated rings. The van der Waals surface area contributed by atoms with Gasteiger partial charge in [0.05, 0.1) is 5.56 Å². The number of nitrogens with zero attached hydrogens (tertiary/aromatic N) is 1. The van der Waals surface area contributed by atoms with E-state index in [4.69, 9.17) is 5.26 Å². The maximum absolute atomic E-state index is 8.90. The van der Waals surface area contributed by atoms with Crippen molar-refractivity contribution in [1.82, 2.24) is 0 Å². The predicted octanol–water partition coefficient (Wildman–Crippen LogP) is 2.96. The van der Waals surface area contributed by atoms with Gasteiger partial charge in [0.1, 0.15) is 6.07 Å². The third kappa shape index (κ3) is 2.29. The summed E-state index contributed by atoms with van der Waals surface area (Å²) in [6.45, 7) is 0. The highest BCUT2D eigenvalue weighted by Gasteiger charge is 1.95. The molecule has 2 rings (SSSR count). The van der Waals surface area contributed by atoms with Gasteiger partial charge in [-0.25, -0.2) is 0 Å². The quantitative estimate of drug-likeness (QED) is 0.604. The minimum Gasteiger partial charge on any atom is -0.192 e. The van der Waals surface area contributed by atoms with E-state index in [9.17, 15) is 0 Å². The normalized spacial score (nSPS) is 8.69. The van der Waals surface area contributed by atoms with E-state index < -0.39 is 0 Å². The van der Waals surface area contributed by atoms with Crippen LogP contribution in [-0.4, -0.2) is 0 Å². The van der Waals surface area contributed by atoms with E-state index in [-0.39, 0.29) is 0 Å². The summed E-state index contributed by atoms with van der Waals surface area (Å²) in [6.07, 6.45) is 0. The first-order valence-corrected chi connectivity index (χ1v) is 4.96. The fourth-order valence-electron chi connectivity index (χ4n) is 1.35. The number of hydrogen-bond acceptors (Lipinski definition) is 1. The van der Waals surface area contributed by atoms with Gasteiger partial charge in [-0.2, -0.15) is 5.26 Å². The van der Waals surface area contributed by atoms with Crippen LogP contribution >= 0.6 is 0 Å². The fourth-order valence-corrected chi connectivity index (χ4v) is 1.35. The first kappa shape index (κ1) is 10.0. The minimum absolute atomic E-state index is 0.617. The second-order valence-corrected chi connectivity index (χ2v) is 3.27. The maximum atomic E-state index is 8.90. The van der Waals surface area contributed by atoms with Gasteiger partial charge in [0.2, 0.25) is 0 Å². The number of nitriles is 1. The summed E-state index contributed by atoms with van der Waals surface area (Å²) < 4.78 is 0. The minimum atomic E-state index is 0.617. The number of hydrogen-bond donors (Lipinski definition) is 0. The molecule has 16 heavy (non-hydrogen) atoms. The van der Waals surface area contributed by atoms with E-state index in [1.807, 2.05) is 48.5 Å². The van der Waals surface area contributed by atoms with E-state index >= 15 is 0 Å². The van der Waals surface area contributed by atoms with Crippen LogP contribution in [0.4, 0.5) is 0 Å². The Morgan fingerprint density at radius 2 is 1.31 bits per heavy atom. The summed E-state index contributed by atoms with van der Waals surface area (Å²) in [6, 6.07) is 19.2. The van der Waals surface area contributed by atoms with Crippen LogP contribution in [0.3, 0.4) is 0 Å².